The van der Waals surface area contributed by atoms with Crippen LogP contribution in [0.4, 0.5) is 0 Å². The van der Waals surface area contributed by atoms with Crippen LogP contribution >= 0.6 is 18.9 Å². The molecule has 0 unspecified atom stereocenters. The first-order valence-electron chi connectivity index (χ1n) is 7.45. The summed E-state index contributed by atoms with van der Waals surface area (Å²) in [7, 11) is -2.73. The zero-order chi connectivity index (χ0) is 15.6. The van der Waals surface area contributed by atoms with Gasteiger partial charge in [-0.25, -0.2) is 9.65 Å². The lowest BCUT2D eigenvalue weighted by molar-refractivity contribution is 0.430. The van der Waals surface area contributed by atoms with Crippen molar-refractivity contribution >= 4 is 24.5 Å². The molecule has 1 saturated heterocycles. The fraction of sp³-hybridized carbons (Fsp3) is 0.500. The normalized spacial score (nSPS) is 19.5. The molecule has 0 aliphatic carbocycles. The molecule has 0 radical (unpaired) electrons. The summed E-state index contributed by atoms with van der Waals surface area (Å²) in [6.07, 6.45) is 7.99. The van der Waals surface area contributed by atoms with E-state index in [9.17, 15) is 4.57 Å². The van der Waals surface area contributed by atoms with Gasteiger partial charge in [-0.15, -0.1) is 10.2 Å². The maximum atomic E-state index is 13.4. The maximum absolute atomic E-state index is 13.4. The van der Waals surface area contributed by atoms with Crippen LogP contribution in [0.3, 0.4) is 0 Å². The highest BCUT2D eigenvalue weighted by Crippen LogP contribution is 2.45. The number of rotatable bonds is 3. The van der Waals surface area contributed by atoms with E-state index in [4.69, 9.17) is 11.6 Å². The Labute approximate surface area is 134 Å². The lowest BCUT2D eigenvalue weighted by atomic mass is 10.2. The monoisotopic (exact) mass is 339 g/mol. The maximum Gasteiger partial charge on any atom is 0.210 e. The van der Waals surface area contributed by atoms with E-state index in [1.165, 1.54) is 12.8 Å². The van der Waals surface area contributed by atoms with Crippen LogP contribution in [0.2, 0.25) is 5.15 Å². The van der Waals surface area contributed by atoms with Gasteiger partial charge in [0.25, 0.3) is 0 Å². The topological polar surface area (TPSA) is 63.9 Å². The Balaban J connectivity index is 1.96. The summed E-state index contributed by atoms with van der Waals surface area (Å²) < 4.78 is 17.2. The highest BCUT2D eigenvalue weighted by Gasteiger charge is 2.32. The van der Waals surface area contributed by atoms with E-state index < -0.39 is 7.29 Å². The molecule has 0 aromatic carbocycles. The molecule has 3 rings (SSSR count). The second-order valence-electron chi connectivity index (χ2n) is 5.56. The van der Waals surface area contributed by atoms with E-state index in [-0.39, 0.29) is 0 Å². The average Bonchev–Trinajstić information content (AvgIpc) is 2.83. The van der Waals surface area contributed by atoms with Crippen LogP contribution in [0.5, 0.6) is 0 Å². The summed E-state index contributed by atoms with van der Waals surface area (Å²) in [5, 5.41) is 8.24. The van der Waals surface area contributed by atoms with E-state index in [0.29, 0.717) is 16.5 Å². The molecule has 2 aromatic heterocycles. The van der Waals surface area contributed by atoms with Gasteiger partial charge in [-0.3, -0.25) is 9.13 Å². The minimum Gasteiger partial charge on any atom is -0.298 e. The van der Waals surface area contributed by atoms with Gasteiger partial charge in [-0.1, -0.05) is 24.4 Å². The van der Waals surface area contributed by atoms with Crippen molar-refractivity contribution in [3.05, 3.63) is 29.7 Å². The van der Waals surface area contributed by atoms with Crippen LogP contribution < -0.4 is 5.57 Å². The molecular weight excluding hydrogens is 321 g/mol. The van der Waals surface area contributed by atoms with E-state index in [2.05, 4.69) is 19.9 Å². The van der Waals surface area contributed by atoms with Gasteiger partial charge in [-0.05, 0) is 25.0 Å². The van der Waals surface area contributed by atoms with Crippen molar-refractivity contribution in [2.24, 2.45) is 0 Å². The molecule has 0 N–H and O–H groups in total. The second kappa shape index (κ2) is 6.49. The van der Waals surface area contributed by atoms with E-state index >= 15 is 0 Å². The molecule has 2 aromatic rings. The molecule has 0 spiro atoms. The van der Waals surface area contributed by atoms with Crippen molar-refractivity contribution in [3.8, 4) is 5.82 Å². The highest BCUT2D eigenvalue weighted by molar-refractivity contribution is 7.68. The van der Waals surface area contributed by atoms with Crippen LogP contribution in [0.15, 0.2) is 24.5 Å². The Morgan fingerprint density at radius 1 is 1.14 bits per heavy atom. The first-order valence-corrected chi connectivity index (χ1v) is 9.94. The van der Waals surface area contributed by atoms with E-state index in [1.807, 2.05) is 0 Å². The lowest BCUT2D eigenvalue weighted by Gasteiger charge is -2.27. The van der Waals surface area contributed by atoms with Gasteiger partial charge in [0.05, 0.1) is 0 Å². The molecule has 1 aliphatic heterocycles. The molecular formula is C14H19ClN5OP. The van der Waals surface area contributed by atoms with Gasteiger partial charge in [-0.2, -0.15) is 0 Å². The minimum atomic E-state index is -2.73. The molecule has 0 bridgehead atoms. The zero-order valence-electron chi connectivity index (χ0n) is 12.5. The van der Waals surface area contributed by atoms with Crippen LogP contribution in [0, 0.1) is 0 Å². The molecule has 1 atom stereocenters. The summed E-state index contributed by atoms with van der Waals surface area (Å²) in [4.78, 5) is 4.35. The number of aromatic nitrogens is 4. The fourth-order valence-electron chi connectivity index (χ4n) is 2.78. The molecule has 22 heavy (non-hydrogen) atoms. The van der Waals surface area contributed by atoms with Crippen LogP contribution in [0.25, 0.3) is 5.82 Å². The first kappa shape index (κ1) is 15.7. The van der Waals surface area contributed by atoms with Crippen LogP contribution in [0.1, 0.15) is 25.7 Å². The molecule has 8 heteroatoms. The second-order valence-corrected chi connectivity index (χ2v) is 8.67. The van der Waals surface area contributed by atoms with Gasteiger partial charge in [0.15, 0.2) is 16.5 Å². The van der Waals surface area contributed by atoms with Gasteiger partial charge in [0.1, 0.15) is 0 Å². The quantitative estimate of drug-likeness (QED) is 0.804. The van der Waals surface area contributed by atoms with Gasteiger partial charge >= 0.3 is 0 Å². The van der Waals surface area contributed by atoms with Gasteiger partial charge in [0, 0.05) is 32.1 Å². The summed E-state index contributed by atoms with van der Waals surface area (Å²) in [6.45, 7) is 3.50. The van der Waals surface area contributed by atoms with Crippen molar-refractivity contribution < 1.29 is 4.57 Å². The Morgan fingerprint density at radius 2 is 1.86 bits per heavy atom. The molecule has 118 valence electrons. The Morgan fingerprint density at radius 3 is 2.50 bits per heavy atom. The molecule has 1 fully saturated rings. The number of nitrogens with zero attached hydrogens (tertiary/aromatic N) is 5. The third-order valence-corrected chi connectivity index (χ3v) is 6.73. The summed E-state index contributed by atoms with van der Waals surface area (Å²) in [6, 6.07) is 3.42. The van der Waals surface area contributed by atoms with Crippen molar-refractivity contribution in [2.45, 2.75) is 25.7 Å². The summed E-state index contributed by atoms with van der Waals surface area (Å²) in [5.74, 6) is 0.578. The SMILES string of the molecule is C[P@@](=O)(c1nccn1-c1ccc(Cl)nn1)N1CCCCCC1. The highest BCUT2D eigenvalue weighted by atomic mass is 35.5. The van der Waals surface area contributed by atoms with E-state index in [1.54, 1.807) is 35.8 Å². The largest absolute Gasteiger partial charge is 0.298 e. The Hall–Kier alpha value is -1.23. The smallest absolute Gasteiger partial charge is 0.210 e. The molecule has 3 heterocycles. The summed E-state index contributed by atoms with van der Waals surface area (Å²) >= 11 is 5.78. The third kappa shape index (κ3) is 3.09. The Kier molecular flexibility index (Phi) is 4.62. The van der Waals surface area contributed by atoms with Crippen molar-refractivity contribution in [3.63, 3.8) is 0 Å². The lowest BCUT2D eigenvalue weighted by Crippen LogP contribution is -2.31. The number of hydrogen-bond donors (Lipinski definition) is 0. The predicted octanol–water partition coefficient (Wildman–Crippen LogP) is 2.72. The standard InChI is InChI=1S/C14H19ClN5OP/c1-22(21,19-9-4-2-3-5-10-19)14-16-8-11-20(14)13-7-6-12(15)17-18-13/h6-8,11H,2-5,9-10H2,1H3/t22-/m1/s1. The van der Waals surface area contributed by atoms with Crippen molar-refractivity contribution in [1.82, 2.24) is 24.4 Å². The molecule has 0 amide bonds. The fourth-order valence-corrected chi connectivity index (χ4v) is 5.03. The number of halogens is 1. The van der Waals surface area contributed by atoms with E-state index in [0.717, 1.165) is 25.9 Å². The van der Waals surface area contributed by atoms with Crippen LogP contribution in [-0.4, -0.2) is 44.2 Å². The first-order chi connectivity index (χ1) is 10.6. The van der Waals surface area contributed by atoms with Crippen molar-refractivity contribution in [1.29, 1.82) is 0 Å². The van der Waals surface area contributed by atoms with Crippen LogP contribution in [-0.2, 0) is 4.57 Å². The molecule has 1 aliphatic rings. The number of hydrogen-bond acceptors (Lipinski definition) is 4. The zero-order valence-corrected chi connectivity index (χ0v) is 14.2. The molecule has 6 nitrogen and oxygen atoms in total. The minimum absolute atomic E-state index is 0.331. The van der Waals surface area contributed by atoms with Crippen molar-refractivity contribution in [2.75, 3.05) is 19.8 Å². The molecule has 0 saturated carbocycles. The third-order valence-electron chi connectivity index (χ3n) is 3.98. The van der Waals surface area contributed by atoms with Gasteiger partial charge < -0.3 is 0 Å². The predicted molar refractivity (Wildman–Crippen MR) is 87.4 cm³/mol. The average molecular weight is 340 g/mol. The van der Waals surface area contributed by atoms with Gasteiger partial charge in [0.2, 0.25) is 7.29 Å². The Bertz CT molecular complexity index is 679. The number of imidazole rings is 1. The summed E-state index contributed by atoms with van der Waals surface area (Å²) in [5.41, 5.74) is 0.547.